The van der Waals surface area contributed by atoms with Crippen LogP contribution in [-0.2, 0) is 9.59 Å². The number of anilines is 1. The molecule has 0 bridgehead atoms. The normalized spacial score (nSPS) is 19.7. The van der Waals surface area contributed by atoms with E-state index in [-0.39, 0.29) is 24.3 Å². The number of nitrogens with two attached hydrogens (primary N) is 1. The topological polar surface area (TPSA) is 129 Å². The van der Waals surface area contributed by atoms with Crippen LogP contribution in [0.4, 0.5) is 10.5 Å². The number of nitrogens with one attached hydrogen (secondary N) is 2. The lowest BCUT2D eigenvalue weighted by Crippen LogP contribution is -2.46. The lowest BCUT2D eigenvalue weighted by molar-refractivity contribution is -0.140. The maximum Gasteiger partial charge on any atom is 0.318 e. The second-order valence-corrected chi connectivity index (χ2v) is 7.68. The van der Waals surface area contributed by atoms with Gasteiger partial charge in [-0.05, 0) is 56.4 Å². The van der Waals surface area contributed by atoms with Gasteiger partial charge < -0.3 is 25.6 Å². The minimum Gasteiger partial charge on any atom is -0.497 e. The zero-order valence-electron chi connectivity index (χ0n) is 17.8. The van der Waals surface area contributed by atoms with Crippen LogP contribution < -0.4 is 21.1 Å². The van der Waals surface area contributed by atoms with Gasteiger partial charge in [0.15, 0.2) is 0 Å². The summed E-state index contributed by atoms with van der Waals surface area (Å²) in [5.74, 6) is 0.528. The Hall–Kier alpha value is -3.30. The largest absolute Gasteiger partial charge is 0.497 e. The molecule has 0 spiro atoms. The molecule has 10 nitrogen and oxygen atoms in total. The number of amides is 4. The summed E-state index contributed by atoms with van der Waals surface area (Å²) in [5.41, 5.74) is 5.94. The van der Waals surface area contributed by atoms with Gasteiger partial charge in [-0.1, -0.05) is 0 Å². The lowest BCUT2D eigenvalue weighted by Gasteiger charge is -2.25. The van der Waals surface area contributed by atoms with Gasteiger partial charge in [0.1, 0.15) is 11.8 Å². The van der Waals surface area contributed by atoms with E-state index in [4.69, 9.17) is 10.5 Å². The molecule has 0 saturated carbocycles. The first-order valence-corrected chi connectivity index (χ1v) is 10.6. The summed E-state index contributed by atoms with van der Waals surface area (Å²) in [5, 5.41) is 5.43. The summed E-state index contributed by atoms with van der Waals surface area (Å²) in [6.45, 7) is 2.09. The lowest BCUT2D eigenvalue weighted by atomic mass is 10.1. The molecule has 1 atom stereocenters. The van der Waals surface area contributed by atoms with Crippen LogP contribution in [0.15, 0.2) is 29.3 Å². The van der Waals surface area contributed by atoms with Crippen LogP contribution in [0.25, 0.3) is 0 Å². The van der Waals surface area contributed by atoms with E-state index in [1.807, 2.05) is 4.90 Å². The number of ether oxygens (including phenoxy) is 1. The summed E-state index contributed by atoms with van der Waals surface area (Å²) in [6, 6.07) is 5.53. The number of benzene rings is 1. The number of rotatable bonds is 5. The van der Waals surface area contributed by atoms with Gasteiger partial charge in [0.2, 0.25) is 17.8 Å². The van der Waals surface area contributed by atoms with E-state index in [2.05, 4.69) is 15.6 Å². The Morgan fingerprint density at radius 3 is 2.45 bits per heavy atom. The number of carbonyl (C=O) groups excluding carboxylic acids is 3. The van der Waals surface area contributed by atoms with Crippen molar-refractivity contribution in [2.75, 3.05) is 38.6 Å². The Morgan fingerprint density at radius 1 is 1.13 bits per heavy atom. The Balaban J connectivity index is 1.73. The zero-order valence-corrected chi connectivity index (χ0v) is 17.8. The monoisotopic (exact) mass is 430 g/mol. The fourth-order valence-corrected chi connectivity index (χ4v) is 3.77. The minimum absolute atomic E-state index is 0.0256. The number of hydrogen-bond acceptors (Lipinski definition) is 5. The van der Waals surface area contributed by atoms with Crippen LogP contribution >= 0.6 is 0 Å². The van der Waals surface area contributed by atoms with Crippen molar-refractivity contribution in [1.29, 1.82) is 0 Å². The third-order valence-electron chi connectivity index (χ3n) is 5.42. The zero-order chi connectivity index (χ0) is 22.2. The third-order valence-corrected chi connectivity index (χ3v) is 5.42. The first-order chi connectivity index (χ1) is 15.0. The van der Waals surface area contributed by atoms with Crippen LogP contribution in [-0.4, -0.2) is 72.9 Å². The Labute approximate surface area is 181 Å². The van der Waals surface area contributed by atoms with Crippen molar-refractivity contribution in [2.24, 2.45) is 10.7 Å². The van der Waals surface area contributed by atoms with Crippen LogP contribution in [0.3, 0.4) is 0 Å². The molecule has 31 heavy (non-hydrogen) atoms. The number of urea groups is 1. The number of nitrogens with zero attached hydrogens (tertiary/aromatic N) is 3. The Bertz CT molecular complexity index is 820. The molecule has 168 valence electrons. The van der Waals surface area contributed by atoms with E-state index < -0.39 is 12.1 Å². The number of hydrogen-bond donors (Lipinski definition) is 3. The first-order valence-electron chi connectivity index (χ1n) is 10.6. The summed E-state index contributed by atoms with van der Waals surface area (Å²) < 4.78 is 5.14. The molecule has 0 aromatic heterocycles. The molecule has 2 fully saturated rings. The molecule has 2 aliphatic rings. The molecule has 1 aromatic rings. The highest BCUT2D eigenvalue weighted by molar-refractivity contribution is 6.04. The predicted octanol–water partition coefficient (Wildman–Crippen LogP) is 1.13. The minimum atomic E-state index is -0.790. The second kappa shape index (κ2) is 10.6. The van der Waals surface area contributed by atoms with Crippen LogP contribution in [0.1, 0.15) is 32.1 Å². The number of aliphatic imine (C=N–C) groups is 1. The molecule has 3 rings (SSSR count). The number of primary amides is 1. The smallest absolute Gasteiger partial charge is 0.318 e. The summed E-state index contributed by atoms with van der Waals surface area (Å²) in [4.78, 5) is 45.0. The summed E-state index contributed by atoms with van der Waals surface area (Å²) in [7, 11) is 1.57. The highest BCUT2D eigenvalue weighted by atomic mass is 16.5. The predicted molar refractivity (Wildman–Crippen MR) is 117 cm³/mol. The molecule has 2 heterocycles. The van der Waals surface area contributed by atoms with Crippen molar-refractivity contribution in [3.05, 3.63) is 24.3 Å². The average Bonchev–Trinajstić information content (AvgIpc) is 3.24. The second-order valence-electron chi connectivity index (χ2n) is 7.68. The van der Waals surface area contributed by atoms with E-state index in [1.54, 1.807) is 36.3 Å². The van der Waals surface area contributed by atoms with Crippen molar-refractivity contribution >= 4 is 29.5 Å². The molecule has 1 aromatic carbocycles. The van der Waals surface area contributed by atoms with Gasteiger partial charge in [-0.15, -0.1) is 0 Å². The van der Waals surface area contributed by atoms with E-state index >= 15 is 0 Å². The number of carbonyl (C=O) groups is 3. The number of methoxy groups -OCH3 is 1. The molecule has 0 unspecified atom stereocenters. The molecule has 10 heteroatoms. The fourth-order valence-electron chi connectivity index (χ4n) is 3.77. The van der Waals surface area contributed by atoms with E-state index in [9.17, 15) is 14.4 Å². The van der Waals surface area contributed by atoms with Crippen molar-refractivity contribution in [3.63, 3.8) is 0 Å². The van der Waals surface area contributed by atoms with Gasteiger partial charge in [0, 0.05) is 25.3 Å². The molecule has 4 N–H and O–H groups in total. The van der Waals surface area contributed by atoms with Crippen molar-refractivity contribution < 1.29 is 19.1 Å². The van der Waals surface area contributed by atoms with Gasteiger partial charge in [0.25, 0.3) is 0 Å². The van der Waals surface area contributed by atoms with E-state index in [1.165, 1.54) is 0 Å². The van der Waals surface area contributed by atoms with Crippen LogP contribution in [0.5, 0.6) is 5.75 Å². The fraction of sp³-hybridized carbons (Fsp3) is 0.524. The first kappa shape index (κ1) is 22.4. The van der Waals surface area contributed by atoms with Crippen molar-refractivity contribution in [1.82, 2.24) is 15.1 Å². The highest BCUT2D eigenvalue weighted by Crippen LogP contribution is 2.18. The van der Waals surface area contributed by atoms with Gasteiger partial charge >= 0.3 is 6.03 Å². The van der Waals surface area contributed by atoms with Crippen molar-refractivity contribution in [2.45, 2.75) is 38.1 Å². The van der Waals surface area contributed by atoms with E-state index in [0.29, 0.717) is 24.4 Å². The van der Waals surface area contributed by atoms with Gasteiger partial charge in [-0.25, -0.2) is 9.79 Å². The Morgan fingerprint density at radius 2 is 1.81 bits per heavy atom. The standard InChI is InChI=1S/C21H30N6O4/c1-31-16-9-7-15(8-10-16)23-21(25-20(22)30)24-17-6-2-3-13-27(19(17)29)14-18(28)26-11-4-5-12-26/h7-10,17H,2-6,11-14H2,1H3,(H4,22,23,24,25,30)/t17-/m0/s1. The molecule has 4 amide bonds. The van der Waals surface area contributed by atoms with Gasteiger partial charge in [-0.2, -0.15) is 0 Å². The number of likely N-dealkylation sites (tertiary alicyclic amines) is 2. The molecule has 0 radical (unpaired) electrons. The SMILES string of the molecule is COc1ccc(NC(=N[C@H]2CCCCN(CC(=O)N3CCCC3)C2=O)NC(N)=O)cc1. The van der Waals surface area contributed by atoms with Gasteiger partial charge in [-0.3, -0.25) is 14.9 Å². The third kappa shape index (κ3) is 6.34. The average molecular weight is 431 g/mol. The van der Waals surface area contributed by atoms with E-state index in [0.717, 1.165) is 38.8 Å². The quantitative estimate of drug-likeness (QED) is 0.476. The summed E-state index contributed by atoms with van der Waals surface area (Å²) in [6.07, 6.45) is 4.13. The molecular weight excluding hydrogens is 400 g/mol. The molecule has 2 aliphatic heterocycles. The maximum absolute atomic E-state index is 13.1. The Kier molecular flexibility index (Phi) is 7.69. The van der Waals surface area contributed by atoms with Crippen molar-refractivity contribution in [3.8, 4) is 5.75 Å². The van der Waals surface area contributed by atoms with Crippen LogP contribution in [0.2, 0.25) is 0 Å². The summed E-state index contributed by atoms with van der Waals surface area (Å²) >= 11 is 0. The molecule has 0 aliphatic carbocycles. The maximum atomic E-state index is 13.1. The van der Waals surface area contributed by atoms with Crippen LogP contribution in [0, 0.1) is 0 Å². The highest BCUT2D eigenvalue weighted by Gasteiger charge is 2.30. The number of guanidine groups is 1. The van der Waals surface area contributed by atoms with Gasteiger partial charge in [0.05, 0.1) is 13.7 Å². The molecule has 2 saturated heterocycles. The molecular formula is C21H30N6O4.